The van der Waals surface area contributed by atoms with E-state index in [1.807, 2.05) is 66.2 Å². The minimum Gasteiger partial charge on any atom is -0.496 e. The molecule has 2 aromatic carbocycles. The van der Waals surface area contributed by atoms with Crippen molar-refractivity contribution in [3.63, 3.8) is 0 Å². The summed E-state index contributed by atoms with van der Waals surface area (Å²) in [5, 5.41) is 0. The molecular weight excluding hydrogens is 364 g/mol. The number of ether oxygens (including phenoxy) is 1. The lowest BCUT2D eigenvalue weighted by Crippen LogP contribution is -2.48. The number of nitrogens with zero attached hydrogens (tertiary/aromatic N) is 2. The number of methoxy groups -OCH3 is 1. The maximum atomic E-state index is 13.4. The second-order valence-corrected chi connectivity index (χ2v) is 7.51. The van der Waals surface area contributed by atoms with E-state index in [1.165, 1.54) is 5.56 Å². The average Bonchev–Trinajstić information content (AvgIpc) is 2.77. The van der Waals surface area contributed by atoms with E-state index in [0.717, 1.165) is 17.7 Å². The Morgan fingerprint density at radius 2 is 1.83 bits per heavy atom. The topological polar surface area (TPSA) is 49.9 Å². The summed E-state index contributed by atoms with van der Waals surface area (Å²) in [6.07, 6.45) is 1.78. The molecule has 0 spiro atoms. The molecule has 1 fully saturated rings. The fraction of sp³-hybridized carbons (Fsp3) is 0.417. The van der Waals surface area contributed by atoms with Crippen molar-refractivity contribution in [1.29, 1.82) is 0 Å². The Bertz CT molecular complexity index is 837. The molecule has 1 saturated heterocycles. The van der Waals surface area contributed by atoms with E-state index >= 15 is 0 Å². The number of rotatable bonds is 7. The molecule has 5 nitrogen and oxygen atoms in total. The van der Waals surface area contributed by atoms with Gasteiger partial charge in [0, 0.05) is 32.1 Å². The van der Waals surface area contributed by atoms with Crippen molar-refractivity contribution >= 4 is 11.8 Å². The molecule has 0 radical (unpaired) electrons. The normalized spacial score (nSPS) is 19.1. The maximum Gasteiger partial charge on any atom is 0.227 e. The summed E-state index contributed by atoms with van der Waals surface area (Å²) in [5.41, 5.74) is 2.11. The highest BCUT2D eigenvalue weighted by atomic mass is 16.5. The molecule has 154 valence electrons. The van der Waals surface area contributed by atoms with Gasteiger partial charge in [0.15, 0.2) is 0 Å². The van der Waals surface area contributed by atoms with Gasteiger partial charge in [-0.3, -0.25) is 9.59 Å². The molecule has 0 bridgehead atoms. The first kappa shape index (κ1) is 20.9. The van der Waals surface area contributed by atoms with Crippen LogP contribution in [0.1, 0.15) is 36.9 Å². The van der Waals surface area contributed by atoms with Crippen LogP contribution >= 0.6 is 0 Å². The van der Waals surface area contributed by atoms with Crippen LogP contribution in [0.3, 0.4) is 0 Å². The van der Waals surface area contributed by atoms with Gasteiger partial charge in [0.05, 0.1) is 19.1 Å². The largest absolute Gasteiger partial charge is 0.496 e. The molecular formula is C24H30N2O3. The van der Waals surface area contributed by atoms with Crippen molar-refractivity contribution in [3.8, 4) is 5.75 Å². The third-order valence-electron chi connectivity index (χ3n) is 5.78. The molecule has 0 N–H and O–H groups in total. The van der Waals surface area contributed by atoms with Crippen molar-refractivity contribution in [2.45, 2.75) is 32.2 Å². The highest BCUT2D eigenvalue weighted by Gasteiger charge is 2.42. The molecule has 0 saturated carbocycles. The van der Waals surface area contributed by atoms with Gasteiger partial charge in [-0.25, -0.2) is 0 Å². The number of carbonyl (C=O) groups excluding carboxylic acids is 2. The van der Waals surface area contributed by atoms with E-state index in [0.29, 0.717) is 25.9 Å². The number of para-hydroxylation sites is 1. The zero-order valence-corrected chi connectivity index (χ0v) is 17.5. The molecule has 1 aliphatic heterocycles. The number of hydrogen-bond acceptors (Lipinski definition) is 3. The number of piperidine rings is 1. The molecule has 5 heteroatoms. The number of likely N-dealkylation sites (N-methyl/N-ethyl adjacent to an activating group) is 1. The highest BCUT2D eigenvalue weighted by molar-refractivity contribution is 5.85. The summed E-state index contributed by atoms with van der Waals surface area (Å²) < 4.78 is 5.56. The standard InChI is InChI=1S/C24H30N2O3/c1-4-26-22(27)15-14-20(23(26)19-12-8-9-13-21(19)29-3)24(28)25(2)17-16-18-10-6-5-7-11-18/h5-13,20,23H,4,14-17H2,1-3H3/t20-,23+/m1/s1. The number of carbonyl (C=O) groups is 2. The van der Waals surface area contributed by atoms with E-state index in [-0.39, 0.29) is 23.8 Å². The van der Waals surface area contributed by atoms with Crippen LogP contribution in [-0.4, -0.2) is 48.9 Å². The van der Waals surface area contributed by atoms with E-state index in [1.54, 1.807) is 7.11 Å². The van der Waals surface area contributed by atoms with Gasteiger partial charge in [0.2, 0.25) is 11.8 Å². The molecule has 29 heavy (non-hydrogen) atoms. The van der Waals surface area contributed by atoms with Gasteiger partial charge in [0.1, 0.15) is 5.75 Å². The Labute approximate surface area is 173 Å². The van der Waals surface area contributed by atoms with Gasteiger partial charge < -0.3 is 14.5 Å². The molecule has 1 aliphatic rings. The van der Waals surface area contributed by atoms with Crippen LogP contribution in [0.2, 0.25) is 0 Å². The Hall–Kier alpha value is -2.82. The van der Waals surface area contributed by atoms with Crippen molar-refractivity contribution in [3.05, 3.63) is 65.7 Å². The van der Waals surface area contributed by atoms with Gasteiger partial charge in [-0.05, 0) is 31.4 Å². The Morgan fingerprint density at radius 1 is 1.14 bits per heavy atom. The van der Waals surface area contributed by atoms with E-state index in [4.69, 9.17) is 4.74 Å². The summed E-state index contributed by atoms with van der Waals surface area (Å²) in [7, 11) is 3.49. The van der Waals surface area contributed by atoms with Crippen LogP contribution < -0.4 is 4.74 Å². The zero-order chi connectivity index (χ0) is 20.8. The third-order valence-corrected chi connectivity index (χ3v) is 5.78. The molecule has 3 rings (SSSR count). The molecule has 0 aromatic heterocycles. The summed E-state index contributed by atoms with van der Waals surface area (Å²) >= 11 is 0. The van der Waals surface area contributed by atoms with E-state index in [2.05, 4.69) is 12.1 Å². The van der Waals surface area contributed by atoms with Crippen molar-refractivity contribution in [2.75, 3.05) is 27.2 Å². The van der Waals surface area contributed by atoms with Crippen LogP contribution in [0.15, 0.2) is 54.6 Å². The van der Waals surface area contributed by atoms with Crippen molar-refractivity contribution in [1.82, 2.24) is 9.80 Å². The minimum absolute atomic E-state index is 0.0859. The monoisotopic (exact) mass is 394 g/mol. The Kier molecular flexibility index (Phi) is 6.91. The predicted molar refractivity (Wildman–Crippen MR) is 114 cm³/mol. The van der Waals surface area contributed by atoms with Gasteiger partial charge in [-0.2, -0.15) is 0 Å². The lowest BCUT2D eigenvalue weighted by atomic mass is 9.82. The zero-order valence-electron chi connectivity index (χ0n) is 17.5. The lowest BCUT2D eigenvalue weighted by molar-refractivity contribution is -0.147. The van der Waals surface area contributed by atoms with Gasteiger partial charge in [0.25, 0.3) is 0 Å². The summed E-state index contributed by atoms with van der Waals surface area (Å²) in [5.74, 6) is 0.627. The highest BCUT2D eigenvalue weighted by Crippen LogP contribution is 2.41. The first-order valence-electron chi connectivity index (χ1n) is 10.3. The van der Waals surface area contributed by atoms with Crippen LogP contribution in [0, 0.1) is 5.92 Å². The number of amides is 2. The lowest BCUT2D eigenvalue weighted by Gasteiger charge is -2.42. The fourth-order valence-electron chi connectivity index (χ4n) is 4.21. The van der Waals surface area contributed by atoms with Crippen molar-refractivity contribution in [2.24, 2.45) is 5.92 Å². The second-order valence-electron chi connectivity index (χ2n) is 7.51. The SMILES string of the molecule is CCN1C(=O)CC[C@@H](C(=O)N(C)CCc2ccccc2)[C@@H]1c1ccccc1OC. The molecule has 2 atom stereocenters. The third kappa shape index (κ3) is 4.61. The smallest absolute Gasteiger partial charge is 0.227 e. The summed E-state index contributed by atoms with van der Waals surface area (Å²) in [6, 6.07) is 17.6. The molecule has 2 amide bonds. The first-order chi connectivity index (χ1) is 14.1. The summed E-state index contributed by atoms with van der Waals surface area (Å²) in [4.78, 5) is 29.7. The number of hydrogen-bond donors (Lipinski definition) is 0. The van der Waals surface area contributed by atoms with Crippen LogP contribution in [0.4, 0.5) is 0 Å². The maximum absolute atomic E-state index is 13.4. The Balaban J connectivity index is 1.84. The molecule has 0 aliphatic carbocycles. The van der Waals surface area contributed by atoms with E-state index < -0.39 is 0 Å². The molecule has 0 unspecified atom stereocenters. The molecule has 2 aromatic rings. The summed E-state index contributed by atoms with van der Waals surface area (Å²) in [6.45, 7) is 3.18. The minimum atomic E-state index is -0.302. The number of benzene rings is 2. The van der Waals surface area contributed by atoms with Crippen molar-refractivity contribution < 1.29 is 14.3 Å². The van der Waals surface area contributed by atoms with Crippen LogP contribution in [-0.2, 0) is 16.0 Å². The fourth-order valence-corrected chi connectivity index (χ4v) is 4.21. The predicted octanol–water partition coefficient (Wildman–Crippen LogP) is 3.70. The quantitative estimate of drug-likeness (QED) is 0.720. The van der Waals surface area contributed by atoms with Gasteiger partial charge >= 0.3 is 0 Å². The first-order valence-corrected chi connectivity index (χ1v) is 10.3. The molecule has 1 heterocycles. The van der Waals surface area contributed by atoms with E-state index in [9.17, 15) is 9.59 Å². The second kappa shape index (κ2) is 9.59. The van der Waals surface area contributed by atoms with Crippen LogP contribution in [0.25, 0.3) is 0 Å². The van der Waals surface area contributed by atoms with Gasteiger partial charge in [-0.15, -0.1) is 0 Å². The van der Waals surface area contributed by atoms with Crippen LogP contribution in [0.5, 0.6) is 5.75 Å². The number of likely N-dealkylation sites (tertiary alicyclic amines) is 1. The van der Waals surface area contributed by atoms with Gasteiger partial charge in [-0.1, -0.05) is 48.5 Å². The Morgan fingerprint density at radius 3 is 2.52 bits per heavy atom. The average molecular weight is 395 g/mol.